The highest BCUT2D eigenvalue weighted by Crippen LogP contribution is 2.21. The maximum atomic E-state index is 13.1. The van der Waals surface area contributed by atoms with Gasteiger partial charge in [0.25, 0.3) is 5.56 Å². The third-order valence-electron chi connectivity index (χ3n) is 2.78. The molecule has 0 atom stereocenters. The number of nitrogens with zero attached hydrogens (tertiary/aromatic N) is 3. The van der Waals surface area contributed by atoms with Crippen LogP contribution in [0.3, 0.4) is 0 Å². The van der Waals surface area contributed by atoms with Crippen molar-refractivity contribution < 1.29 is 4.39 Å². The van der Waals surface area contributed by atoms with Crippen LogP contribution in [0.1, 0.15) is 26.5 Å². The van der Waals surface area contributed by atoms with Crippen molar-refractivity contribution >= 4 is 23.2 Å². The van der Waals surface area contributed by atoms with Crippen molar-refractivity contribution in [1.82, 2.24) is 14.9 Å². The van der Waals surface area contributed by atoms with E-state index in [1.165, 1.54) is 18.2 Å². The van der Waals surface area contributed by atoms with E-state index in [1.807, 2.05) is 20.8 Å². The van der Waals surface area contributed by atoms with E-state index in [1.54, 1.807) is 0 Å². The topological polar surface area (TPSA) is 85.8 Å². The van der Waals surface area contributed by atoms with Gasteiger partial charge >= 0.3 is 0 Å². The molecule has 0 aliphatic heterocycles. The Hall–Kier alpha value is -2.15. The molecule has 6 nitrogen and oxygen atoms in total. The fourth-order valence-corrected chi connectivity index (χ4v) is 1.84. The summed E-state index contributed by atoms with van der Waals surface area (Å²) in [5.41, 5.74) is -0.221. The van der Waals surface area contributed by atoms with Gasteiger partial charge in [-0.2, -0.15) is 4.68 Å². The molecule has 0 aliphatic rings. The largest absolute Gasteiger partial charge is 0.333 e. The normalized spacial score (nSPS) is 11.5. The highest BCUT2D eigenvalue weighted by Gasteiger charge is 2.22. The van der Waals surface area contributed by atoms with Gasteiger partial charge in [-0.15, -0.1) is 10.2 Å². The average Bonchev–Trinajstić information content (AvgIpc) is 2.38. The number of hydrogen-bond donors (Lipinski definition) is 2. The van der Waals surface area contributed by atoms with Crippen LogP contribution in [0.5, 0.6) is 0 Å². The first-order valence-electron chi connectivity index (χ1n) is 6.17. The van der Waals surface area contributed by atoms with Crippen LogP contribution in [-0.2, 0) is 5.41 Å². The van der Waals surface area contributed by atoms with Gasteiger partial charge in [0.15, 0.2) is 0 Å². The minimum Gasteiger partial charge on any atom is -0.333 e. The summed E-state index contributed by atoms with van der Waals surface area (Å²) < 4.78 is 14.0. The molecule has 21 heavy (non-hydrogen) atoms. The van der Waals surface area contributed by atoms with Crippen molar-refractivity contribution in [2.75, 3.05) is 11.2 Å². The van der Waals surface area contributed by atoms with E-state index in [-0.39, 0.29) is 16.7 Å². The first kappa shape index (κ1) is 15.2. The van der Waals surface area contributed by atoms with Crippen LogP contribution in [-0.4, -0.2) is 14.9 Å². The van der Waals surface area contributed by atoms with Crippen molar-refractivity contribution in [3.63, 3.8) is 0 Å². The van der Waals surface area contributed by atoms with Gasteiger partial charge in [-0.05, 0) is 18.2 Å². The zero-order valence-electron chi connectivity index (χ0n) is 11.8. The third kappa shape index (κ3) is 3.13. The summed E-state index contributed by atoms with van der Waals surface area (Å²) in [7, 11) is 0. The smallest absolute Gasteiger partial charge is 0.295 e. The van der Waals surface area contributed by atoms with E-state index in [4.69, 9.17) is 17.4 Å². The van der Waals surface area contributed by atoms with E-state index < -0.39 is 16.8 Å². The van der Waals surface area contributed by atoms with E-state index >= 15 is 0 Å². The molecule has 0 fully saturated rings. The van der Waals surface area contributed by atoms with Gasteiger partial charge in [0.1, 0.15) is 11.5 Å². The Morgan fingerprint density at radius 2 is 2.00 bits per heavy atom. The number of aromatic nitrogens is 3. The monoisotopic (exact) mass is 311 g/mol. The van der Waals surface area contributed by atoms with Crippen LogP contribution in [0.4, 0.5) is 16.0 Å². The van der Waals surface area contributed by atoms with Crippen LogP contribution >= 0.6 is 11.6 Å². The summed E-state index contributed by atoms with van der Waals surface area (Å²) in [4.78, 5) is 12.2. The molecule has 0 spiro atoms. The first-order chi connectivity index (χ1) is 9.70. The van der Waals surface area contributed by atoms with E-state index in [0.717, 1.165) is 4.68 Å². The number of halogens is 2. The molecule has 1 aromatic carbocycles. The molecule has 0 saturated carbocycles. The van der Waals surface area contributed by atoms with Gasteiger partial charge in [-0.1, -0.05) is 32.4 Å². The molecule has 2 aromatic rings. The van der Waals surface area contributed by atoms with Crippen molar-refractivity contribution in [2.24, 2.45) is 0 Å². The van der Waals surface area contributed by atoms with Crippen molar-refractivity contribution in [3.05, 3.63) is 45.1 Å². The van der Waals surface area contributed by atoms with E-state index in [9.17, 15) is 9.18 Å². The molecule has 0 aliphatic carbocycles. The van der Waals surface area contributed by atoms with Gasteiger partial charge in [-0.3, -0.25) is 4.79 Å². The lowest BCUT2D eigenvalue weighted by atomic mass is 9.93. The quantitative estimate of drug-likeness (QED) is 0.830. The molecular formula is C13H15ClFN5O. The third-order valence-corrected chi connectivity index (χ3v) is 3.07. The summed E-state index contributed by atoms with van der Waals surface area (Å²) in [6.07, 6.45) is 0. The molecule has 3 N–H and O–H groups in total. The summed E-state index contributed by atoms with van der Waals surface area (Å²) >= 11 is 5.69. The van der Waals surface area contributed by atoms with Gasteiger partial charge in [0.2, 0.25) is 5.95 Å². The summed E-state index contributed by atoms with van der Waals surface area (Å²) in [5.74, 6) is 5.23. The highest BCUT2D eigenvalue weighted by atomic mass is 35.5. The lowest BCUT2D eigenvalue weighted by molar-refractivity contribution is 0.539. The molecule has 0 saturated heterocycles. The minimum absolute atomic E-state index is 0.0377. The van der Waals surface area contributed by atoms with Crippen LogP contribution in [0.2, 0.25) is 5.02 Å². The standard InChI is InChI=1S/C13H15ClFN5O/c1-13(2,3)10-11(21)20(16)12(19-18-10)17-7-4-5-9(15)8(14)6-7/h4-6H,16H2,1-3H3,(H,17,19). The van der Waals surface area contributed by atoms with Gasteiger partial charge in [0, 0.05) is 11.1 Å². The first-order valence-corrected chi connectivity index (χ1v) is 6.55. The summed E-state index contributed by atoms with van der Waals surface area (Å²) in [6, 6.07) is 4.01. The lowest BCUT2D eigenvalue weighted by Gasteiger charge is -2.17. The second-order valence-corrected chi connectivity index (χ2v) is 5.96. The van der Waals surface area contributed by atoms with E-state index in [0.29, 0.717) is 5.69 Å². The molecule has 0 radical (unpaired) electrons. The molecule has 1 heterocycles. The molecule has 0 bridgehead atoms. The number of anilines is 2. The maximum Gasteiger partial charge on any atom is 0.295 e. The Labute approximate surface area is 125 Å². The molecule has 0 amide bonds. The number of benzene rings is 1. The molecule has 112 valence electrons. The predicted octanol–water partition coefficient (Wildman–Crippen LogP) is 2.19. The number of hydrogen-bond acceptors (Lipinski definition) is 5. The highest BCUT2D eigenvalue weighted by molar-refractivity contribution is 6.31. The van der Waals surface area contributed by atoms with Crippen molar-refractivity contribution in [3.8, 4) is 0 Å². The molecule has 8 heteroatoms. The van der Waals surface area contributed by atoms with Gasteiger partial charge in [-0.25, -0.2) is 4.39 Å². The Balaban J connectivity index is 2.40. The zero-order chi connectivity index (χ0) is 15.8. The fraction of sp³-hybridized carbons (Fsp3) is 0.308. The minimum atomic E-state index is -0.540. The predicted molar refractivity (Wildman–Crippen MR) is 79.8 cm³/mol. The summed E-state index contributed by atoms with van der Waals surface area (Å²) in [6.45, 7) is 5.52. The van der Waals surface area contributed by atoms with Gasteiger partial charge in [0.05, 0.1) is 5.02 Å². The fourth-order valence-electron chi connectivity index (χ4n) is 1.66. The summed E-state index contributed by atoms with van der Waals surface area (Å²) in [5, 5.41) is 10.5. The SMILES string of the molecule is CC(C)(C)c1nnc(Nc2ccc(F)c(Cl)c2)n(N)c1=O. The Morgan fingerprint density at radius 3 is 2.57 bits per heavy atom. The average molecular weight is 312 g/mol. The second-order valence-electron chi connectivity index (χ2n) is 5.55. The van der Waals surface area contributed by atoms with Crippen LogP contribution in [0.25, 0.3) is 0 Å². The van der Waals surface area contributed by atoms with Crippen LogP contribution < -0.4 is 16.7 Å². The van der Waals surface area contributed by atoms with Gasteiger partial charge < -0.3 is 11.2 Å². The van der Waals surface area contributed by atoms with E-state index in [2.05, 4.69) is 15.5 Å². The van der Waals surface area contributed by atoms with Crippen molar-refractivity contribution in [2.45, 2.75) is 26.2 Å². The number of nitrogens with one attached hydrogen (secondary N) is 1. The van der Waals surface area contributed by atoms with Crippen LogP contribution in [0, 0.1) is 5.82 Å². The maximum absolute atomic E-state index is 13.1. The Morgan fingerprint density at radius 1 is 1.33 bits per heavy atom. The number of nitrogen functional groups attached to an aromatic ring is 1. The number of rotatable bonds is 2. The lowest BCUT2D eigenvalue weighted by Crippen LogP contribution is -2.38. The Kier molecular flexibility index (Phi) is 3.87. The molecule has 1 aromatic heterocycles. The van der Waals surface area contributed by atoms with Crippen molar-refractivity contribution in [1.29, 1.82) is 0 Å². The molecular weight excluding hydrogens is 297 g/mol. The zero-order valence-corrected chi connectivity index (χ0v) is 12.6. The second kappa shape index (κ2) is 5.33. The molecule has 0 unspecified atom stereocenters. The number of nitrogens with two attached hydrogens (primary N) is 1. The Bertz CT molecular complexity index is 738. The molecule has 2 rings (SSSR count). The van der Waals surface area contributed by atoms with Crippen LogP contribution in [0.15, 0.2) is 23.0 Å².